The number of oxazole rings is 1. The molecular weight excluding hydrogens is 378 g/mol. The van der Waals surface area contributed by atoms with Crippen molar-refractivity contribution in [2.45, 2.75) is 24.2 Å². The van der Waals surface area contributed by atoms with Crippen LogP contribution in [0.1, 0.15) is 18.4 Å². The molecule has 0 amide bonds. The maximum Gasteiger partial charge on any atom is 0.419 e. The van der Waals surface area contributed by atoms with Crippen molar-refractivity contribution < 1.29 is 12.8 Å². The van der Waals surface area contributed by atoms with Gasteiger partial charge in [-0.05, 0) is 49.1 Å². The molecule has 0 N–H and O–H groups in total. The predicted octanol–water partition coefficient (Wildman–Crippen LogP) is 2.48. The molecule has 0 spiro atoms. The molecule has 0 aliphatic carbocycles. The first-order valence-corrected chi connectivity index (χ1v) is 10.9. The van der Waals surface area contributed by atoms with E-state index in [9.17, 15) is 13.2 Å². The molecule has 5 rings (SSSR count). The van der Waals surface area contributed by atoms with Gasteiger partial charge in [-0.25, -0.2) is 13.2 Å². The average Bonchev–Trinajstić information content (AvgIpc) is 3.41. The van der Waals surface area contributed by atoms with E-state index < -0.39 is 15.8 Å². The zero-order chi connectivity index (χ0) is 19.5. The molecule has 8 heteroatoms. The zero-order valence-corrected chi connectivity index (χ0v) is 16.4. The maximum atomic E-state index is 13.4. The standard InChI is InChI=1S/C20H21N3O4S/c1-21-17-7-6-16(13-19(17)27-20(21)24)28(25,26)23-11-8-14-4-5-15(12-18(14)23)22-9-2-3-10-22/h4-7,12-13H,2-3,8-11H2,1H3. The van der Waals surface area contributed by atoms with Crippen molar-refractivity contribution in [3.05, 3.63) is 52.5 Å². The van der Waals surface area contributed by atoms with Crippen LogP contribution in [0.4, 0.5) is 11.4 Å². The first-order valence-electron chi connectivity index (χ1n) is 9.45. The number of nitrogens with zero attached hydrogens (tertiary/aromatic N) is 3. The largest absolute Gasteiger partial charge is 0.419 e. The Hall–Kier alpha value is -2.74. The van der Waals surface area contributed by atoms with Crippen LogP contribution in [0.2, 0.25) is 0 Å². The fourth-order valence-corrected chi connectivity index (χ4v) is 5.67. The fraction of sp³-hybridized carbons (Fsp3) is 0.350. The lowest BCUT2D eigenvalue weighted by Crippen LogP contribution is -2.29. The Morgan fingerprint density at radius 3 is 2.57 bits per heavy atom. The van der Waals surface area contributed by atoms with Gasteiger partial charge >= 0.3 is 5.76 Å². The molecule has 146 valence electrons. The minimum absolute atomic E-state index is 0.133. The van der Waals surface area contributed by atoms with Crippen LogP contribution in [0.5, 0.6) is 0 Å². The van der Waals surface area contributed by atoms with Gasteiger partial charge in [-0.2, -0.15) is 0 Å². The summed E-state index contributed by atoms with van der Waals surface area (Å²) in [6, 6.07) is 10.7. The molecule has 1 saturated heterocycles. The summed E-state index contributed by atoms with van der Waals surface area (Å²) < 4.78 is 34.7. The number of hydrogen-bond donors (Lipinski definition) is 0. The second kappa shape index (κ2) is 6.13. The second-order valence-electron chi connectivity index (χ2n) is 7.39. The van der Waals surface area contributed by atoms with E-state index in [2.05, 4.69) is 11.0 Å². The third kappa shape index (κ3) is 2.55. The van der Waals surface area contributed by atoms with Gasteiger partial charge in [0.2, 0.25) is 0 Å². The van der Waals surface area contributed by atoms with Gasteiger partial charge < -0.3 is 9.32 Å². The number of aryl methyl sites for hydroxylation is 1. The lowest BCUT2D eigenvalue weighted by molar-refractivity contribution is 0.527. The van der Waals surface area contributed by atoms with E-state index in [1.165, 1.54) is 33.8 Å². The average molecular weight is 399 g/mol. The number of fused-ring (bicyclic) bond motifs is 2. The van der Waals surface area contributed by atoms with Gasteiger partial charge in [0.05, 0.1) is 16.1 Å². The second-order valence-corrected chi connectivity index (χ2v) is 9.25. The Bertz CT molecular complexity index is 1240. The van der Waals surface area contributed by atoms with Crippen molar-refractivity contribution >= 4 is 32.5 Å². The van der Waals surface area contributed by atoms with Crippen LogP contribution in [0.3, 0.4) is 0 Å². The molecule has 2 aliphatic rings. The Labute approximate surface area is 162 Å². The lowest BCUT2D eigenvalue weighted by atomic mass is 10.1. The van der Waals surface area contributed by atoms with Crippen LogP contribution in [0, 0.1) is 0 Å². The van der Waals surface area contributed by atoms with Crippen molar-refractivity contribution in [2.75, 3.05) is 28.8 Å². The molecule has 2 aromatic carbocycles. The summed E-state index contributed by atoms with van der Waals surface area (Å²) in [4.78, 5) is 14.1. The molecule has 1 aromatic heterocycles. The monoisotopic (exact) mass is 399 g/mol. The van der Waals surface area contributed by atoms with Crippen LogP contribution in [0.25, 0.3) is 11.1 Å². The summed E-state index contributed by atoms with van der Waals surface area (Å²) >= 11 is 0. The van der Waals surface area contributed by atoms with Crippen LogP contribution in [0.15, 0.2) is 50.5 Å². The van der Waals surface area contributed by atoms with E-state index in [1.807, 2.05) is 12.1 Å². The molecule has 0 radical (unpaired) electrons. The van der Waals surface area contributed by atoms with Gasteiger partial charge in [-0.1, -0.05) is 6.07 Å². The summed E-state index contributed by atoms with van der Waals surface area (Å²) in [7, 11) is -2.15. The van der Waals surface area contributed by atoms with Crippen molar-refractivity contribution in [3.63, 3.8) is 0 Å². The quantitative estimate of drug-likeness (QED) is 0.676. The molecule has 0 bridgehead atoms. The van der Waals surface area contributed by atoms with E-state index >= 15 is 0 Å². The maximum absolute atomic E-state index is 13.4. The van der Waals surface area contributed by atoms with Crippen molar-refractivity contribution in [3.8, 4) is 0 Å². The fourth-order valence-electron chi connectivity index (χ4n) is 4.16. The SMILES string of the molecule is Cn1c(=O)oc2cc(S(=O)(=O)N3CCc4ccc(N5CCCC5)cc43)ccc21. The molecule has 28 heavy (non-hydrogen) atoms. The van der Waals surface area contributed by atoms with Crippen LogP contribution >= 0.6 is 0 Å². The molecule has 3 aromatic rings. The minimum Gasteiger partial charge on any atom is -0.408 e. The molecule has 0 atom stereocenters. The van der Waals surface area contributed by atoms with Crippen LogP contribution in [-0.4, -0.2) is 32.6 Å². The third-order valence-corrected chi connectivity index (χ3v) is 7.55. The molecule has 0 saturated carbocycles. The predicted molar refractivity (Wildman–Crippen MR) is 108 cm³/mol. The number of benzene rings is 2. The van der Waals surface area contributed by atoms with E-state index in [-0.39, 0.29) is 10.5 Å². The van der Waals surface area contributed by atoms with Gasteiger partial charge in [0, 0.05) is 38.4 Å². The van der Waals surface area contributed by atoms with Crippen molar-refractivity contribution in [1.82, 2.24) is 4.57 Å². The summed E-state index contributed by atoms with van der Waals surface area (Å²) in [6.45, 7) is 2.43. The van der Waals surface area contributed by atoms with Gasteiger partial charge in [0.1, 0.15) is 0 Å². The van der Waals surface area contributed by atoms with E-state index in [4.69, 9.17) is 4.42 Å². The molecule has 2 aliphatic heterocycles. The summed E-state index contributed by atoms with van der Waals surface area (Å²) in [6.07, 6.45) is 3.03. The van der Waals surface area contributed by atoms with Gasteiger partial charge in [0.15, 0.2) is 5.58 Å². The van der Waals surface area contributed by atoms with Gasteiger partial charge in [0.25, 0.3) is 10.0 Å². The number of aromatic nitrogens is 1. The third-order valence-electron chi connectivity index (χ3n) is 5.74. The van der Waals surface area contributed by atoms with Crippen molar-refractivity contribution in [1.29, 1.82) is 0 Å². The number of sulfonamides is 1. The van der Waals surface area contributed by atoms with E-state index in [0.717, 1.165) is 30.0 Å². The number of hydrogen-bond acceptors (Lipinski definition) is 5. The lowest BCUT2D eigenvalue weighted by Gasteiger charge is -2.23. The van der Waals surface area contributed by atoms with E-state index in [0.29, 0.717) is 18.5 Å². The summed E-state index contributed by atoms with van der Waals surface area (Å²) in [5.41, 5.74) is 3.71. The number of anilines is 2. The Morgan fingerprint density at radius 2 is 1.79 bits per heavy atom. The molecule has 7 nitrogen and oxygen atoms in total. The normalized spacial score (nSPS) is 16.9. The highest BCUT2D eigenvalue weighted by molar-refractivity contribution is 7.92. The van der Waals surface area contributed by atoms with Crippen LogP contribution < -0.4 is 15.0 Å². The zero-order valence-electron chi connectivity index (χ0n) is 15.6. The topological polar surface area (TPSA) is 75.8 Å². The van der Waals surface area contributed by atoms with Gasteiger partial charge in [-0.15, -0.1) is 0 Å². The van der Waals surface area contributed by atoms with Crippen molar-refractivity contribution in [2.24, 2.45) is 7.05 Å². The highest BCUT2D eigenvalue weighted by Gasteiger charge is 2.32. The highest BCUT2D eigenvalue weighted by Crippen LogP contribution is 2.37. The van der Waals surface area contributed by atoms with Gasteiger partial charge in [-0.3, -0.25) is 8.87 Å². The molecular formula is C20H21N3O4S. The Morgan fingerprint density at radius 1 is 1.00 bits per heavy atom. The van der Waals surface area contributed by atoms with E-state index in [1.54, 1.807) is 13.1 Å². The summed E-state index contributed by atoms with van der Waals surface area (Å²) in [5.74, 6) is -0.508. The first-order chi connectivity index (χ1) is 13.4. The summed E-state index contributed by atoms with van der Waals surface area (Å²) in [5, 5.41) is 0. The molecule has 3 heterocycles. The first kappa shape index (κ1) is 17.4. The minimum atomic E-state index is -3.74. The smallest absolute Gasteiger partial charge is 0.408 e. The number of rotatable bonds is 3. The Balaban J connectivity index is 1.56. The highest BCUT2D eigenvalue weighted by atomic mass is 32.2. The molecule has 0 unspecified atom stereocenters. The Kier molecular flexibility index (Phi) is 3.80. The van der Waals surface area contributed by atoms with Crippen LogP contribution in [-0.2, 0) is 23.5 Å². The molecule has 1 fully saturated rings.